The third-order valence-electron chi connectivity index (χ3n) is 4.08. The second-order valence-corrected chi connectivity index (χ2v) is 7.42. The molecule has 124 valence electrons. The molecule has 3 N–H and O–H groups in total. The van der Waals surface area contributed by atoms with Gasteiger partial charge in [0.25, 0.3) is 0 Å². The van der Waals surface area contributed by atoms with E-state index in [0.717, 1.165) is 18.1 Å². The van der Waals surface area contributed by atoms with Crippen molar-refractivity contribution in [2.24, 2.45) is 5.92 Å². The number of aromatic nitrogens is 2. The van der Waals surface area contributed by atoms with E-state index in [0.29, 0.717) is 17.8 Å². The van der Waals surface area contributed by atoms with Crippen LogP contribution in [0.25, 0.3) is 0 Å². The summed E-state index contributed by atoms with van der Waals surface area (Å²) in [7, 11) is 0. The first-order valence-electron chi connectivity index (χ1n) is 8.18. The molecule has 1 aliphatic rings. The maximum absolute atomic E-state index is 9.51. The van der Waals surface area contributed by atoms with Crippen molar-refractivity contribution in [3.8, 4) is 0 Å². The van der Waals surface area contributed by atoms with Crippen LogP contribution in [-0.2, 0) is 6.54 Å². The molecule has 3 rings (SSSR count). The maximum Gasteiger partial charge on any atom is 0.225 e. The highest BCUT2D eigenvalue weighted by Gasteiger charge is 2.26. The zero-order valence-corrected chi connectivity index (χ0v) is 14.4. The lowest BCUT2D eigenvalue weighted by atomic mass is 10.1. The van der Waals surface area contributed by atoms with Gasteiger partial charge < -0.3 is 15.7 Å². The van der Waals surface area contributed by atoms with Crippen molar-refractivity contribution in [2.45, 2.75) is 45.2 Å². The molecule has 5 nitrogen and oxygen atoms in total. The highest BCUT2D eigenvalue weighted by molar-refractivity contribution is 7.09. The van der Waals surface area contributed by atoms with Crippen LogP contribution in [0, 0.1) is 5.92 Å². The lowest BCUT2D eigenvalue weighted by molar-refractivity contribution is 0.248. The Labute approximate surface area is 141 Å². The van der Waals surface area contributed by atoms with Crippen LogP contribution in [0.2, 0.25) is 0 Å². The summed E-state index contributed by atoms with van der Waals surface area (Å²) in [6.45, 7) is 5.00. The molecule has 0 radical (unpaired) electrons. The van der Waals surface area contributed by atoms with Crippen LogP contribution in [0.1, 0.15) is 43.2 Å². The van der Waals surface area contributed by atoms with Gasteiger partial charge in [-0.15, -0.1) is 11.3 Å². The van der Waals surface area contributed by atoms with Crippen molar-refractivity contribution in [1.29, 1.82) is 0 Å². The van der Waals surface area contributed by atoms with Gasteiger partial charge in [-0.1, -0.05) is 19.9 Å². The predicted molar refractivity (Wildman–Crippen MR) is 95.0 cm³/mol. The summed E-state index contributed by atoms with van der Waals surface area (Å²) in [4.78, 5) is 10.5. The fourth-order valence-electron chi connectivity index (χ4n) is 2.39. The van der Waals surface area contributed by atoms with Gasteiger partial charge in [-0.05, 0) is 30.2 Å². The largest absolute Gasteiger partial charge is 0.394 e. The van der Waals surface area contributed by atoms with Crippen LogP contribution in [0.5, 0.6) is 0 Å². The van der Waals surface area contributed by atoms with Crippen LogP contribution in [-0.4, -0.2) is 27.7 Å². The van der Waals surface area contributed by atoms with Gasteiger partial charge in [-0.2, -0.15) is 4.98 Å². The molecule has 6 heteroatoms. The molecular weight excluding hydrogens is 308 g/mol. The topological polar surface area (TPSA) is 70.1 Å². The monoisotopic (exact) mass is 332 g/mol. The van der Waals surface area contributed by atoms with E-state index in [9.17, 15) is 5.11 Å². The molecule has 2 aromatic rings. The minimum Gasteiger partial charge on any atom is -0.394 e. The zero-order valence-electron chi connectivity index (χ0n) is 13.6. The normalized spacial score (nSPS) is 15.7. The standard InChI is InChI=1S/C17H24N4OS/c1-11(2)15(10-22)20-17-19-14(12-5-6-12)8-16(21-17)18-9-13-4-3-7-23-13/h3-4,7-8,11-12,15,22H,5-6,9-10H2,1-2H3,(H2,18,19,20,21)/t15-/m1/s1. The minimum atomic E-state index is -0.0328. The van der Waals surface area contributed by atoms with Crippen molar-refractivity contribution < 1.29 is 5.11 Å². The van der Waals surface area contributed by atoms with Gasteiger partial charge in [-0.3, -0.25) is 0 Å². The zero-order chi connectivity index (χ0) is 16.2. The van der Waals surface area contributed by atoms with Crippen molar-refractivity contribution in [3.05, 3.63) is 34.2 Å². The highest BCUT2D eigenvalue weighted by atomic mass is 32.1. The average Bonchev–Trinajstić information content (AvgIpc) is 3.27. The SMILES string of the molecule is CC(C)[C@@H](CO)Nc1nc(NCc2cccs2)cc(C2CC2)n1. The molecule has 0 unspecified atom stereocenters. The van der Waals surface area contributed by atoms with Gasteiger partial charge >= 0.3 is 0 Å². The Morgan fingerprint density at radius 1 is 1.35 bits per heavy atom. The Kier molecular flexibility index (Phi) is 5.13. The fraction of sp³-hybridized carbons (Fsp3) is 0.529. The first kappa shape index (κ1) is 16.2. The molecule has 1 saturated carbocycles. The molecule has 0 saturated heterocycles. The van der Waals surface area contributed by atoms with Gasteiger partial charge in [0, 0.05) is 16.9 Å². The van der Waals surface area contributed by atoms with Crippen LogP contribution >= 0.6 is 11.3 Å². The number of anilines is 2. The van der Waals surface area contributed by atoms with Gasteiger partial charge in [0.2, 0.25) is 5.95 Å². The summed E-state index contributed by atoms with van der Waals surface area (Å²) in [5.74, 6) is 2.33. The number of thiophene rings is 1. The van der Waals surface area contributed by atoms with Crippen LogP contribution < -0.4 is 10.6 Å². The summed E-state index contributed by atoms with van der Waals surface area (Å²) in [5.41, 5.74) is 1.09. The third kappa shape index (κ3) is 4.42. The molecule has 2 heterocycles. The van der Waals surface area contributed by atoms with Crippen molar-refractivity contribution in [2.75, 3.05) is 17.2 Å². The first-order valence-corrected chi connectivity index (χ1v) is 9.06. The lowest BCUT2D eigenvalue weighted by Gasteiger charge is -2.20. The Balaban J connectivity index is 1.75. The van der Waals surface area contributed by atoms with Crippen LogP contribution in [0.4, 0.5) is 11.8 Å². The summed E-state index contributed by atoms with van der Waals surface area (Å²) in [5, 5.41) is 18.3. The molecular formula is C17H24N4OS. The Morgan fingerprint density at radius 2 is 2.17 bits per heavy atom. The first-order chi connectivity index (χ1) is 11.2. The van der Waals surface area contributed by atoms with E-state index in [1.807, 2.05) is 0 Å². The van der Waals surface area contributed by atoms with Gasteiger partial charge in [0.1, 0.15) is 5.82 Å². The van der Waals surface area contributed by atoms with Crippen molar-refractivity contribution in [3.63, 3.8) is 0 Å². The van der Waals surface area contributed by atoms with E-state index in [2.05, 4.69) is 58.0 Å². The number of aliphatic hydroxyl groups excluding tert-OH is 1. The number of hydrogen-bond acceptors (Lipinski definition) is 6. The third-order valence-corrected chi connectivity index (χ3v) is 4.96. The number of aliphatic hydroxyl groups is 1. The summed E-state index contributed by atoms with van der Waals surface area (Å²) < 4.78 is 0. The van der Waals surface area contributed by atoms with E-state index in [4.69, 9.17) is 0 Å². The average molecular weight is 332 g/mol. The number of hydrogen-bond donors (Lipinski definition) is 3. The highest BCUT2D eigenvalue weighted by Crippen LogP contribution is 2.40. The second kappa shape index (κ2) is 7.27. The summed E-state index contributed by atoms with van der Waals surface area (Å²) >= 11 is 1.73. The van der Waals surface area contributed by atoms with E-state index in [-0.39, 0.29) is 12.6 Å². The predicted octanol–water partition coefficient (Wildman–Crippen LogP) is 3.46. The molecule has 0 aliphatic heterocycles. The molecule has 1 atom stereocenters. The number of nitrogens with one attached hydrogen (secondary N) is 2. The molecule has 1 aliphatic carbocycles. The summed E-state index contributed by atoms with van der Waals surface area (Å²) in [6, 6.07) is 6.19. The molecule has 1 fully saturated rings. The van der Waals surface area contributed by atoms with E-state index in [1.54, 1.807) is 11.3 Å². The van der Waals surface area contributed by atoms with Crippen LogP contribution in [0.3, 0.4) is 0 Å². The fourth-order valence-corrected chi connectivity index (χ4v) is 3.03. The number of nitrogens with zero attached hydrogens (tertiary/aromatic N) is 2. The molecule has 23 heavy (non-hydrogen) atoms. The molecule has 0 amide bonds. The van der Waals surface area contributed by atoms with Gasteiger partial charge in [-0.25, -0.2) is 4.98 Å². The van der Waals surface area contributed by atoms with Gasteiger partial charge in [0.05, 0.1) is 24.9 Å². The Morgan fingerprint density at radius 3 is 2.78 bits per heavy atom. The quantitative estimate of drug-likeness (QED) is 0.691. The molecule has 0 spiro atoms. The smallest absolute Gasteiger partial charge is 0.225 e. The number of rotatable bonds is 8. The van der Waals surface area contributed by atoms with E-state index >= 15 is 0 Å². The van der Waals surface area contributed by atoms with Crippen molar-refractivity contribution >= 4 is 23.1 Å². The Hall–Kier alpha value is -1.66. The van der Waals surface area contributed by atoms with E-state index in [1.165, 1.54) is 17.7 Å². The van der Waals surface area contributed by atoms with E-state index < -0.39 is 0 Å². The molecule has 2 aromatic heterocycles. The molecule has 0 bridgehead atoms. The molecule has 0 aromatic carbocycles. The Bertz CT molecular complexity index is 626. The lowest BCUT2D eigenvalue weighted by Crippen LogP contribution is -2.30. The minimum absolute atomic E-state index is 0.0328. The second-order valence-electron chi connectivity index (χ2n) is 6.39. The van der Waals surface area contributed by atoms with Gasteiger partial charge in [0.15, 0.2) is 0 Å². The maximum atomic E-state index is 9.51. The van der Waals surface area contributed by atoms with Crippen LogP contribution in [0.15, 0.2) is 23.6 Å². The van der Waals surface area contributed by atoms with Crippen molar-refractivity contribution in [1.82, 2.24) is 9.97 Å². The summed E-state index contributed by atoms with van der Waals surface area (Å²) in [6.07, 6.45) is 2.41.